The summed E-state index contributed by atoms with van der Waals surface area (Å²) in [7, 11) is 3.54. The average Bonchev–Trinajstić information content (AvgIpc) is 3.27. The van der Waals surface area contributed by atoms with Crippen molar-refractivity contribution in [3.05, 3.63) is 77.0 Å². The zero-order valence-corrected chi connectivity index (χ0v) is 18.7. The number of aliphatic hydroxyl groups is 1. The molecule has 1 aromatic heterocycles. The van der Waals surface area contributed by atoms with E-state index in [-0.39, 0.29) is 11.3 Å². The molecule has 166 valence electrons. The molecule has 1 amide bonds. The van der Waals surface area contributed by atoms with Crippen molar-refractivity contribution in [1.29, 1.82) is 0 Å². The van der Waals surface area contributed by atoms with Crippen molar-refractivity contribution in [2.24, 2.45) is 7.05 Å². The molecule has 2 aromatic carbocycles. The molecular formula is C26H28N2O4. The number of hydrogen-bond donors (Lipinski definition) is 1. The molecule has 1 atom stereocenters. The number of likely N-dealkylation sites (tertiary alicyclic amines) is 1. The fraction of sp³-hybridized carbons (Fsp3) is 0.308. The summed E-state index contributed by atoms with van der Waals surface area (Å²) in [6.07, 6.45) is 3.41. The topological polar surface area (TPSA) is 71.8 Å². The number of benzene rings is 2. The number of aryl methyl sites for hydroxylation is 2. The summed E-state index contributed by atoms with van der Waals surface area (Å²) in [6.45, 7) is 2.89. The highest BCUT2D eigenvalue weighted by atomic mass is 16.5. The van der Waals surface area contributed by atoms with E-state index < -0.39 is 17.7 Å². The first-order valence-electron chi connectivity index (χ1n) is 10.9. The Morgan fingerprint density at radius 2 is 1.81 bits per heavy atom. The highest BCUT2D eigenvalue weighted by molar-refractivity contribution is 6.46. The van der Waals surface area contributed by atoms with Crippen molar-refractivity contribution in [2.75, 3.05) is 20.3 Å². The smallest absolute Gasteiger partial charge is 0.295 e. The maximum Gasteiger partial charge on any atom is 0.295 e. The number of methoxy groups -OCH3 is 1. The highest BCUT2D eigenvalue weighted by Crippen LogP contribution is 2.42. The van der Waals surface area contributed by atoms with Crippen molar-refractivity contribution in [2.45, 2.75) is 25.8 Å². The molecule has 0 spiro atoms. The van der Waals surface area contributed by atoms with Gasteiger partial charge in [-0.05, 0) is 24.5 Å². The SMILES string of the molecule is CCc1ccc(/C(O)=C2\C(=O)C(=O)N(CCCOC)C2c2cn(C)c3ccccc23)cc1. The highest BCUT2D eigenvalue weighted by Gasteiger charge is 2.46. The van der Waals surface area contributed by atoms with Crippen LogP contribution < -0.4 is 0 Å². The quantitative estimate of drug-likeness (QED) is 0.263. The second-order valence-electron chi connectivity index (χ2n) is 8.10. The van der Waals surface area contributed by atoms with E-state index in [4.69, 9.17) is 4.74 Å². The second-order valence-corrected chi connectivity index (χ2v) is 8.10. The molecule has 1 unspecified atom stereocenters. The van der Waals surface area contributed by atoms with Crippen molar-refractivity contribution in [1.82, 2.24) is 9.47 Å². The Bertz CT molecular complexity index is 1190. The number of amides is 1. The van der Waals surface area contributed by atoms with Crippen molar-refractivity contribution >= 4 is 28.4 Å². The third-order valence-electron chi connectivity index (χ3n) is 6.15. The predicted molar refractivity (Wildman–Crippen MR) is 124 cm³/mol. The van der Waals surface area contributed by atoms with Gasteiger partial charge < -0.3 is 19.3 Å². The van der Waals surface area contributed by atoms with Crippen LogP contribution in [0.3, 0.4) is 0 Å². The Kier molecular flexibility index (Phi) is 6.15. The van der Waals surface area contributed by atoms with Crippen molar-refractivity contribution in [3.8, 4) is 0 Å². The van der Waals surface area contributed by atoms with Crippen LogP contribution in [0.15, 0.2) is 60.3 Å². The molecule has 1 aliphatic rings. The standard InChI is InChI=1S/C26H28N2O4/c1-4-17-10-12-18(13-11-17)24(29)22-23(28(14-7-15-32-3)26(31)25(22)30)20-16-27(2)21-9-6-5-8-19(20)21/h5-6,8-13,16,23,29H,4,7,14-15H2,1-3H3/b24-22+. The number of aromatic nitrogens is 1. The van der Waals surface area contributed by atoms with Gasteiger partial charge in [0.15, 0.2) is 0 Å². The molecule has 0 aliphatic carbocycles. The number of carbonyl (C=O) groups excluding carboxylic acids is 2. The minimum absolute atomic E-state index is 0.132. The number of carbonyl (C=O) groups is 2. The first-order chi connectivity index (χ1) is 15.5. The fourth-order valence-electron chi connectivity index (χ4n) is 4.46. The lowest BCUT2D eigenvalue weighted by atomic mass is 9.94. The number of hydrogen-bond acceptors (Lipinski definition) is 4. The molecule has 4 rings (SSSR count). The first-order valence-corrected chi connectivity index (χ1v) is 10.9. The lowest BCUT2D eigenvalue weighted by Gasteiger charge is -2.24. The first kappa shape index (κ1) is 21.8. The van der Waals surface area contributed by atoms with Gasteiger partial charge in [0.25, 0.3) is 11.7 Å². The van der Waals surface area contributed by atoms with Crippen LogP contribution in [0.2, 0.25) is 0 Å². The van der Waals surface area contributed by atoms with Gasteiger partial charge in [-0.2, -0.15) is 0 Å². The van der Waals surface area contributed by atoms with E-state index in [1.54, 1.807) is 24.1 Å². The summed E-state index contributed by atoms with van der Waals surface area (Å²) in [6, 6.07) is 14.7. The molecule has 6 heteroatoms. The number of nitrogens with zero attached hydrogens (tertiary/aromatic N) is 2. The van der Waals surface area contributed by atoms with Crippen LogP contribution in [0.25, 0.3) is 16.7 Å². The molecule has 0 radical (unpaired) electrons. The van der Waals surface area contributed by atoms with Gasteiger partial charge in [0.1, 0.15) is 5.76 Å². The number of ether oxygens (including phenoxy) is 1. The van der Waals surface area contributed by atoms with E-state index in [1.807, 2.05) is 54.2 Å². The predicted octanol–water partition coefficient (Wildman–Crippen LogP) is 4.20. The summed E-state index contributed by atoms with van der Waals surface area (Å²) in [5.74, 6) is -1.39. The Morgan fingerprint density at radius 1 is 1.09 bits per heavy atom. The number of aliphatic hydroxyl groups excluding tert-OH is 1. The summed E-state index contributed by atoms with van der Waals surface area (Å²) in [5.41, 5.74) is 3.62. The Balaban J connectivity index is 1.89. The summed E-state index contributed by atoms with van der Waals surface area (Å²) < 4.78 is 7.14. The van der Waals surface area contributed by atoms with Gasteiger partial charge in [0.2, 0.25) is 0 Å². The maximum absolute atomic E-state index is 13.2. The van der Waals surface area contributed by atoms with Gasteiger partial charge in [-0.15, -0.1) is 0 Å². The Hall–Kier alpha value is -3.38. The monoisotopic (exact) mass is 432 g/mol. The summed E-state index contributed by atoms with van der Waals surface area (Å²) >= 11 is 0. The Morgan fingerprint density at radius 3 is 2.50 bits per heavy atom. The van der Waals surface area contributed by atoms with Gasteiger partial charge in [-0.1, -0.05) is 49.4 Å². The molecule has 1 aliphatic heterocycles. The van der Waals surface area contributed by atoms with Crippen LogP contribution in [-0.2, 0) is 27.8 Å². The molecule has 2 heterocycles. The van der Waals surface area contributed by atoms with Crippen LogP contribution in [-0.4, -0.2) is 46.5 Å². The van der Waals surface area contributed by atoms with E-state index in [1.165, 1.54) is 0 Å². The third-order valence-corrected chi connectivity index (χ3v) is 6.15. The third kappa shape index (κ3) is 3.71. The van der Waals surface area contributed by atoms with Crippen molar-refractivity contribution in [3.63, 3.8) is 0 Å². The van der Waals surface area contributed by atoms with Gasteiger partial charge in [-0.25, -0.2) is 0 Å². The fourth-order valence-corrected chi connectivity index (χ4v) is 4.46. The number of rotatable bonds is 7. The number of Topliss-reactive ketones (excluding diaryl/α,β-unsaturated/α-hetero) is 1. The van der Waals surface area contributed by atoms with E-state index in [0.717, 1.165) is 28.5 Å². The van der Waals surface area contributed by atoms with Gasteiger partial charge >= 0.3 is 0 Å². The van der Waals surface area contributed by atoms with Crippen LogP contribution in [0, 0.1) is 0 Å². The molecule has 0 bridgehead atoms. The minimum Gasteiger partial charge on any atom is -0.507 e. The molecule has 6 nitrogen and oxygen atoms in total. The number of ketones is 1. The lowest BCUT2D eigenvalue weighted by molar-refractivity contribution is -0.140. The zero-order valence-electron chi connectivity index (χ0n) is 18.7. The minimum atomic E-state index is -0.663. The molecular weight excluding hydrogens is 404 g/mol. The summed E-state index contributed by atoms with van der Waals surface area (Å²) in [4.78, 5) is 27.8. The number of para-hydroxylation sites is 1. The van der Waals surface area contributed by atoms with E-state index in [9.17, 15) is 14.7 Å². The molecule has 1 N–H and O–H groups in total. The normalized spacial score (nSPS) is 18.1. The molecule has 3 aromatic rings. The Labute approximate surface area is 187 Å². The van der Waals surface area contributed by atoms with Crippen LogP contribution in [0.5, 0.6) is 0 Å². The zero-order chi connectivity index (χ0) is 22.8. The molecule has 0 saturated carbocycles. The van der Waals surface area contributed by atoms with E-state index in [0.29, 0.717) is 25.1 Å². The second kappa shape index (κ2) is 9.01. The molecule has 32 heavy (non-hydrogen) atoms. The largest absolute Gasteiger partial charge is 0.507 e. The van der Waals surface area contributed by atoms with Crippen LogP contribution >= 0.6 is 0 Å². The van der Waals surface area contributed by atoms with Gasteiger partial charge in [0, 0.05) is 55.5 Å². The average molecular weight is 433 g/mol. The van der Waals surface area contributed by atoms with E-state index >= 15 is 0 Å². The molecule has 1 saturated heterocycles. The van der Waals surface area contributed by atoms with Crippen LogP contribution in [0.4, 0.5) is 0 Å². The van der Waals surface area contributed by atoms with Crippen LogP contribution in [0.1, 0.15) is 36.1 Å². The summed E-state index contributed by atoms with van der Waals surface area (Å²) in [5, 5.41) is 12.2. The number of fused-ring (bicyclic) bond motifs is 1. The molecule has 1 fully saturated rings. The lowest BCUT2D eigenvalue weighted by Crippen LogP contribution is -2.31. The maximum atomic E-state index is 13.2. The van der Waals surface area contributed by atoms with Crippen molar-refractivity contribution < 1.29 is 19.4 Å². The van der Waals surface area contributed by atoms with E-state index in [2.05, 4.69) is 6.92 Å². The van der Waals surface area contributed by atoms with Gasteiger partial charge in [-0.3, -0.25) is 9.59 Å². The van der Waals surface area contributed by atoms with Gasteiger partial charge in [0.05, 0.1) is 11.6 Å².